The summed E-state index contributed by atoms with van der Waals surface area (Å²) in [5, 5.41) is 5.83. The highest BCUT2D eigenvalue weighted by molar-refractivity contribution is 9.10. The quantitative estimate of drug-likeness (QED) is 0.812. The molecule has 2 amide bonds. The molecule has 24 heavy (non-hydrogen) atoms. The van der Waals surface area contributed by atoms with Crippen LogP contribution >= 0.6 is 15.9 Å². The van der Waals surface area contributed by atoms with Gasteiger partial charge in [0.15, 0.2) is 10.4 Å². The minimum atomic E-state index is -0.313. The summed E-state index contributed by atoms with van der Waals surface area (Å²) in [7, 11) is 0. The summed E-state index contributed by atoms with van der Waals surface area (Å²) in [5.41, 5.74) is 1.58. The van der Waals surface area contributed by atoms with E-state index in [1.54, 1.807) is 24.3 Å². The van der Waals surface area contributed by atoms with Gasteiger partial charge in [-0.3, -0.25) is 9.59 Å². The number of halogens is 1. The number of hydrogen-bond donors (Lipinski definition) is 2. The first-order valence-electron chi connectivity index (χ1n) is 8.05. The van der Waals surface area contributed by atoms with E-state index in [9.17, 15) is 9.59 Å². The predicted molar refractivity (Wildman–Crippen MR) is 94.9 cm³/mol. The van der Waals surface area contributed by atoms with Gasteiger partial charge >= 0.3 is 0 Å². The summed E-state index contributed by atoms with van der Waals surface area (Å²) in [6.07, 6.45) is 4.92. The molecule has 2 aromatic rings. The Labute approximate surface area is 148 Å². The van der Waals surface area contributed by atoms with Crippen LogP contribution in [0.5, 0.6) is 0 Å². The van der Waals surface area contributed by atoms with Crippen LogP contribution in [0.15, 0.2) is 45.5 Å². The number of rotatable bonds is 5. The first-order chi connectivity index (χ1) is 11.6. The van der Waals surface area contributed by atoms with Crippen LogP contribution in [0.4, 0.5) is 5.69 Å². The largest absolute Gasteiger partial charge is 0.444 e. The van der Waals surface area contributed by atoms with Crippen LogP contribution < -0.4 is 10.6 Å². The Kier molecular flexibility index (Phi) is 5.35. The average molecular weight is 391 g/mol. The van der Waals surface area contributed by atoms with Crippen molar-refractivity contribution in [1.82, 2.24) is 5.32 Å². The van der Waals surface area contributed by atoms with Crippen molar-refractivity contribution >= 4 is 33.4 Å². The Hall–Kier alpha value is -2.08. The molecule has 5 nitrogen and oxygen atoms in total. The molecule has 1 aliphatic rings. The minimum Gasteiger partial charge on any atom is -0.444 e. The molecule has 1 saturated carbocycles. The maximum Gasteiger partial charge on any atom is 0.291 e. The van der Waals surface area contributed by atoms with E-state index < -0.39 is 0 Å². The van der Waals surface area contributed by atoms with Crippen molar-refractivity contribution in [2.24, 2.45) is 0 Å². The fourth-order valence-electron chi connectivity index (χ4n) is 2.87. The molecule has 6 heteroatoms. The third-order valence-electron chi connectivity index (χ3n) is 4.09. The van der Waals surface area contributed by atoms with Crippen LogP contribution in [0.25, 0.3) is 0 Å². The Balaban J connectivity index is 1.53. The van der Waals surface area contributed by atoms with Crippen molar-refractivity contribution in [2.45, 2.75) is 38.1 Å². The van der Waals surface area contributed by atoms with Crippen molar-refractivity contribution in [3.8, 4) is 0 Å². The number of hydrogen-bond acceptors (Lipinski definition) is 3. The molecule has 2 N–H and O–H groups in total. The molecule has 1 aliphatic carbocycles. The lowest BCUT2D eigenvalue weighted by atomic mass is 10.1. The standard InChI is InChI=1S/C18H19BrN2O3/c19-16-10-9-15(24-16)18(23)21-14-7-5-12(6-8-14)11-17(22)20-13-3-1-2-4-13/h5-10,13H,1-4,11H2,(H,20,22)(H,21,23). The number of anilines is 1. The van der Waals surface area contributed by atoms with E-state index in [2.05, 4.69) is 26.6 Å². The smallest absolute Gasteiger partial charge is 0.291 e. The van der Waals surface area contributed by atoms with Crippen LogP contribution in [-0.2, 0) is 11.2 Å². The minimum absolute atomic E-state index is 0.0547. The van der Waals surface area contributed by atoms with Gasteiger partial charge in [0.2, 0.25) is 5.91 Å². The Morgan fingerprint density at radius 3 is 2.42 bits per heavy atom. The van der Waals surface area contributed by atoms with Crippen LogP contribution in [-0.4, -0.2) is 17.9 Å². The molecule has 3 rings (SSSR count). The van der Waals surface area contributed by atoms with Gasteiger partial charge in [0.25, 0.3) is 5.91 Å². The van der Waals surface area contributed by atoms with Gasteiger partial charge in [0, 0.05) is 11.7 Å². The fourth-order valence-corrected chi connectivity index (χ4v) is 3.18. The van der Waals surface area contributed by atoms with Gasteiger partial charge in [-0.1, -0.05) is 25.0 Å². The number of carbonyl (C=O) groups is 2. The number of furan rings is 1. The SMILES string of the molecule is O=C(Cc1ccc(NC(=O)c2ccc(Br)o2)cc1)NC1CCCC1. The van der Waals surface area contributed by atoms with Crippen LogP contribution in [0.1, 0.15) is 41.8 Å². The monoisotopic (exact) mass is 390 g/mol. The number of nitrogens with one attached hydrogen (secondary N) is 2. The fraction of sp³-hybridized carbons (Fsp3) is 0.333. The second-order valence-corrected chi connectivity index (χ2v) is 6.76. The Morgan fingerprint density at radius 1 is 1.08 bits per heavy atom. The molecule has 0 unspecified atom stereocenters. The van der Waals surface area contributed by atoms with E-state index in [-0.39, 0.29) is 17.6 Å². The summed E-state index contributed by atoms with van der Waals surface area (Å²) in [4.78, 5) is 24.0. The molecule has 1 fully saturated rings. The lowest BCUT2D eigenvalue weighted by Crippen LogP contribution is -2.33. The van der Waals surface area contributed by atoms with Crippen molar-refractivity contribution in [3.63, 3.8) is 0 Å². The van der Waals surface area contributed by atoms with Gasteiger partial charge in [0.05, 0.1) is 6.42 Å². The molecule has 0 bridgehead atoms. The molecule has 1 heterocycles. The molecule has 0 atom stereocenters. The second kappa shape index (κ2) is 7.66. The van der Waals surface area contributed by atoms with Crippen molar-refractivity contribution < 1.29 is 14.0 Å². The molecule has 1 aromatic carbocycles. The third-order valence-corrected chi connectivity index (χ3v) is 4.52. The van der Waals surface area contributed by atoms with E-state index in [0.29, 0.717) is 22.8 Å². The average Bonchev–Trinajstić information content (AvgIpc) is 3.21. The van der Waals surface area contributed by atoms with E-state index in [0.717, 1.165) is 18.4 Å². The molecule has 0 radical (unpaired) electrons. The maximum atomic E-state index is 12.0. The van der Waals surface area contributed by atoms with Crippen molar-refractivity contribution in [1.29, 1.82) is 0 Å². The van der Waals surface area contributed by atoms with Gasteiger partial charge in [-0.2, -0.15) is 0 Å². The number of benzene rings is 1. The Morgan fingerprint density at radius 2 is 1.79 bits per heavy atom. The van der Waals surface area contributed by atoms with Crippen molar-refractivity contribution in [2.75, 3.05) is 5.32 Å². The summed E-state index contributed by atoms with van der Waals surface area (Å²) in [6, 6.07) is 10.9. The zero-order valence-corrected chi connectivity index (χ0v) is 14.8. The van der Waals surface area contributed by atoms with E-state index >= 15 is 0 Å². The van der Waals surface area contributed by atoms with E-state index in [1.807, 2.05) is 12.1 Å². The first-order valence-corrected chi connectivity index (χ1v) is 8.84. The summed E-state index contributed by atoms with van der Waals surface area (Å²) in [6.45, 7) is 0. The maximum absolute atomic E-state index is 12.0. The highest BCUT2D eigenvalue weighted by atomic mass is 79.9. The third kappa shape index (κ3) is 4.47. The van der Waals surface area contributed by atoms with Crippen molar-refractivity contribution in [3.05, 3.63) is 52.4 Å². The molecular formula is C18H19BrN2O3. The molecular weight excluding hydrogens is 372 g/mol. The molecule has 126 valence electrons. The zero-order valence-electron chi connectivity index (χ0n) is 13.2. The van der Waals surface area contributed by atoms with Gasteiger partial charge in [-0.05, 0) is 58.6 Å². The van der Waals surface area contributed by atoms with Crippen LogP contribution in [0.2, 0.25) is 0 Å². The van der Waals surface area contributed by atoms with Gasteiger partial charge in [-0.25, -0.2) is 0 Å². The van der Waals surface area contributed by atoms with E-state index in [4.69, 9.17) is 4.42 Å². The van der Waals surface area contributed by atoms with E-state index in [1.165, 1.54) is 12.8 Å². The summed E-state index contributed by atoms with van der Waals surface area (Å²) < 4.78 is 5.72. The predicted octanol–water partition coefficient (Wildman–Crippen LogP) is 3.90. The number of amides is 2. The zero-order chi connectivity index (χ0) is 16.9. The van der Waals surface area contributed by atoms with Crippen LogP contribution in [0, 0.1) is 0 Å². The first kappa shape index (κ1) is 16.8. The second-order valence-electron chi connectivity index (χ2n) is 5.98. The Bertz CT molecular complexity index is 718. The lowest BCUT2D eigenvalue weighted by Gasteiger charge is -2.12. The highest BCUT2D eigenvalue weighted by Gasteiger charge is 2.17. The van der Waals surface area contributed by atoms with Gasteiger partial charge in [0.1, 0.15) is 0 Å². The van der Waals surface area contributed by atoms with Crippen LogP contribution in [0.3, 0.4) is 0 Å². The molecule has 0 aliphatic heterocycles. The normalized spacial score (nSPS) is 14.5. The molecule has 1 aromatic heterocycles. The van der Waals surface area contributed by atoms with Gasteiger partial charge < -0.3 is 15.1 Å². The lowest BCUT2D eigenvalue weighted by molar-refractivity contribution is -0.121. The summed E-state index contributed by atoms with van der Waals surface area (Å²) in [5.74, 6) is -0.0200. The summed E-state index contributed by atoms with van der Waals surface area (Å²) >= 11 is 3.16. The number of carbonyl (C=O) groups excluding carboxylic acids is 2. The molecule has 0 saturated heterocycles. The topological polar surface area (TPSA) is 71.3 Å². The highest BCUT2D eigenvalue weighted by Crippen LogP contribution is 2.18. The molecule has 0 spiro atoms. The van der Waals surface area contributed by atoms with Gasteiger partial charge in [-0.15, -0.1) is 0 Å².